The molecule has 2 aromatic carbocycles. The first-order valence-corrected chi connectivity index (χ1v) is 7.20. The molecule has 0 radical (unpaired) electrons. The molecule has 0 unspecified atom stereocenters. The van der Waals surface area contributed by atoms with Crippen LogP contribution in [0.4, 0.5) is 0 Å². The van der Waals surface area contributed by atoms with E-state index in [0.29, 0.717) is 5.75 Å². The van der Waals surface area contributed by atoms with Crippen molar-refractivity contribution in [3.8, 4) is 11.5 Å². The molecule has 0 fully saturated rings. The van der Waals surface area contributed by atoms with Crippen LogP contribution in [0.3, 0.4) is 0 Å². The smallest absolute Gasteiger partial charge is 0.328 e. The summed E-state index contributed by atoms with van der Waals surface area (Å²) in [5.74, 6) is 0.455. The third kappa shape index (κ3) is 4.20. The predicted molar refractivity (Wildman–Crippen MR) is 86.8 cm³/mol. The highest BCUT2D eigenvalue weighted by Crippen LogP contribution is 2.29. The molecule has 2 rings (SSSR count). The van der Waals surface area contributed by atoms with Crippen LogP contribution in [0.15, 0.2) is 46.9 Å². The topological polar surface area (TPSA) is 46.5 Å². The SMILES string of the molecule is Cc1cc(Oc2cccc(/C=C/C(=O)O)c2)cc(C)c1Br. The summed E-state index contributed by atoms with van der Waals surface area (Å²) in [6.07, 6.45) is 2.64. The van der Waals surface area contributed by atoms with Gasteiger partial charge in [-0.15, -0.1) is 0 Å². The minimum absolute atomic E-state index is 0.670. The molecule has 0 saturated heterocycles. The summed E-state index contributed by atoms with van der Waals surface area (Å²) < 4.78 is 6.92. The molecule has 0 aliphatic heterocycles. The van der Waals surface area contributed by atoms with E-state index in [1.807, 2.05) is 44.2 Å². The van der Waals surface area contributed by atoms with E-state index in [9.17, 15) is 4.79 Å². The Hall–Kier alpha value is -2.07. The van der Waals surface area contributed by atoms with E-state index in [4.69, 9.17) is 9.84 Å². The van der Waals surface area contributed by atoms with E-state index in [1.165, 1.54) is 6.08 Å². The second-order valence-corrected chi connectivity index (χ2v) is 5.51. The molecule has 0 aromatic heterocycles. The maximum absolute atomic E-state index is 10.5. The first-order chi connectivity index (χ1) is 9.95. The molecule has 2 aromatic rings. The standard InChI is InChI=1S/C17H15BrO3/c1-11-8-15(9-12(2)17(11)18)21-14-5-3-4-13(10-14)6-7-16(19)20/h3-10H,1-2H3,(H,19,20)/b7-6+. The summed E-state index contributed by atoms with van der Waals surface area (Å²) in [5.41, 5.74) is 2.99. The van der Waals surface area contributed by atoms with Crippen molar-refractivity contribution in [2.75, 3.05) is 0 Å². The number of carboxylic acids is 1. The number of hydrogen-bond donors (Lipinski definition) is 1. The third-order valence-electron chi connectivity index (χ3n) is 2.92. The Labute approximate surface area is 132 Å². The van der Waals surface area contributed by atoms with Crippen molar-refractivity contribution in [3.63, 3.8) is 0 Å². The zero-order valence-electron chi connectivity index (χ0n) is 11.8. The van der Waals surface area contributed by atoms with Gasteiger partial charge in [0, 0.05) is 10.5 Å². The molecule has 0 spiro atoms. The largest absolute Gasteiger partial charge is 0.478 e. The second-order valence-electron chi connectivity index (χ2n) is 4.72. The molecule has 0 saturated carbocycles. The maximum Gasteiger partial charge on any atom is 0.328 e. The van der Waals surface area contributed by atoms with Gasteiger partial charge < -0.3 is 9.84 Å². The van der Waals surface area contributed by atoms with Gasteiger partial charge in [-0.3, -0.25) is 0 Å². The van der Waals surface area contributed by atoms with E-state index in [-0.39, 0.29) is 0 Å². The summed E-state index contributed by atoms with van der Waals surface area (Å²) in [4.78, 5) is 10.5. The molecule has 1 N–H and O–H groups in total. The van der Waals surface area contributed by atoms with Crippen LogP contribution >= 0.6 is 15.9 Å². The summed E-state index contributed by atoms with van der Waals surface area (Å²) >= 11 is 3.52. The van der Waals surface area contributed by atoms with E-state index in [2.05, 4.69) is 15.9 Å². The van der Waals surface area contributed by atoms with Crippen LogP contribution in [0.1, 0.15) is 16.7 Å². The van der Waals surface area contributed by atoms with E-state index in [1.54, 1.807) is 6.07 Å². The quantitative estimate of drug-likeness (QED) is 0.796. The zero-order chi connectivity index (χ0) is 15.4. The van der Waals surface area contributed by atoms with Crippen LogP contribution in [0.5, 0.6) is 11.5 Å². The summed E-state index contributed by atoms with van der Waals surface area (Å²) in [5, 5.41) is 8.64. The fourth-order valence-corrected chi connectivity index (χ4v) is 2.18. The van der Waals surface area contributed by atoms with Crippen molar-refractivity contribution in [3.05, 3.63) is 63.6 Å². The molecule has 21 heavy (non-hydrogen) atoms. The van der Waals surface area contributed by atoms with Gasteiger partial charge in [0.25, 0.3) is 0 Å². The molecule has 0 atom stereocenters. The number of halogens is 1. The van der Waals surface area contributed by atoms with Crippen molar-refractivity contribution in [1.82, 2.24) is 0 Å². The minimum Gasteiger partial charge on any atom is -0.478 e. The van der Waals surface area contributed by atoms with Crippen molar-refractivity contribution in [1.29, 1.82) is 0 Å². The summed E-state index contributed by atoms with van der Waals surface area (Å²) in [6, 6.07) is 11.2. The molecular weight excluding hydrogens is 332 g/mol. The van der Waals surface area contributed by atoms with Crippen LogP contribution in [0.25, 0.3) is 6.08 Å². The molecular formula is C17H15BrO3. The van der Waals surface area contributed by atoms with Crippen LogP contribution < -0.4 is 4.74 Å². The Morgan fingerprint density at radius 1 is 1.14 bits per heavy atom. The molecule has 0 aliphatic carbocycles. The zero-order valence-corrected chi connectivity index (χ0v) is 13.3. The number of benzene rings is 2. The number of ether oxygens (including phenoxy) is 1. The van der Waals surface area contributed by atoms with Gasteiger partial charge in [-0.05, 0) is 60.9 Å². The molecule has 108 valence electrons. The lowest BCUT2D eigenvalue weighted by Crippen LogP contribution is -1.89. The monoisotopic (exact) mass is 346 g/mol. The Kier molecular flexibility index (Phi) is 4.81. The van der Waals surface area contributed by atoms with Crippen LogP contribution in [0, 0.1) is 13.8 Å². The summed E-state index contributed by atoms with van der Waals surface area (Å²) in [7, 11) is 0. The fraction of sp³-hybridized carbons (Fsp3) is 0.118. The highest BCUT2D eigenvalue weighted by Gasteiger charge is 2.04. The maximum atomic E-state index is 10.5. The fourth-order valence-electron chi connectivity index (χ4n) is 1.95. The first-order valence-electron chi connectivity index (χ1n) is 6.41. The van der Waals surface area contributed by atoms with Gasteiger partial charge in [0.2, 0.25) is 0 Å². The number of aliphatic carboxylic acids is 1. The molecule has 0 bridgehead atoms. The van der Waals surface area contributed by atoms with Crippen molar-refractivity contribution >= 4 is 28.0 Å². The third-order valence-corrected chi connectivity index (χ3v) is 4.17. The van der Waals surface area contributed by atoms with Crippen LogP contribution in [-0.2, 0) is 4.79 Å². The van der Waals surface area contributed by atoms with Gasteiger partial charge in [0.1, 0.15) is 11.5 Å². The molecule has 0 aliphatic rings. The summed E-state index contributed by atoms with van der Waals surface area (Å²) in [6.45, 7) is 4.02. The van der Waals surface area contributed by atoms with Crippen molar-refractivity contribution < 1.29 is 14.6 Å². The number of hydrogen-bond acceptors (Lipinski definition) is 2. The van der Waals surface area contributed by atoms with Gasteiger partial charge in [-0.1, -0.05) is 28.1 Å². The Morgan fingerprint density at radius 2 is 1.81 bits per heavy atom. The van der Waals surface area contributed by atoms with Crippen molar-refractivity contribution in [2.45, 2.75) is 13.8 Å². The lowest BCUT2D eigenvalue weighted by Gasteiger charge is -2.10. The van der Waals surface area contributed by atoms with Gasteiger partial charge in [-0.2, -0.15) is 0 Å². The average molecular weight is 347 g/mol. The van der Waals surface area contributed by atoms with E-state index >= 15 is 0 Å². The Bertz CT molecular complexity index is 682. The number of rotatable bonds is 4. The van der Waals surface area contributed by atoms with Crippen molar-refractivity contribution in [2.24, 2.45) is 0 Å². The predicted octanol–water partition coefficient (Wildman–Crippen LogP) is 4.96. The number of carboxylic acid groups (broad SMARTS) is 1. The van der Waals surface area contributed by atoms with Gasteiger partial charge in [0.05, 0.1) is 0 Å². The first kappa shape index (κ1) is 15.3. The Balaban J connectivity index is 2.24. The van der Waals surface area contributed by atoms with Gasteiger partial charge in [0.15, 0.2) is 0 Å². The van der Waals surface area contributed by atoms with E-state index < -0.39 is 5.97 Å². The minimum atomic E-state index is -0.972. The van der Waals surface area contributed by atoms with Crippen LogP contribution in [0.2, 0.25) is 0 Å². The normalized spacial score (nSPS) is 10.8. The van der Waals surface area contributed by atoms with Crippen LogP contribution in [-0.4, -0.2) is 11.1 Å². The highest BCUT2D eigenvalue weighted by atomic mass is 79.9. The molecule has 0 amide bonds. The lowest BCUT2D eigenvalue weighted by molar-refractivity contribution is -0.131. The van der Waals surface area contributed by atoms with E-state index in [0.717, 1.165) is 33.0 Å². The molecule has 0 heterocycles. The van der Waals surface area contributed by atoms with Gasteiger partial charge >= 0.3 is 5.97 Å². The van der Waals surface area contributed by atoms with Gasteiger partial charge in [-0.25, -0.2) is 4.79 Å². The number of aryl methyl sites for hydroxylation is 2. The highest BCUT2D eigenvalue weighted by molar-refractivity contribution is 9.10. The lowest BCUT2D eigenvalue weighted by atomic mass is 10.1. The average Bonchev–Trinajstić information content (AvgIpc) is 2.43. The molecule has 3 nitrogen and oxygen atoms in total. The molecule has 4 heteroatoms. The number of carbonyl (C=O) groups is 1. The second kappa shape index (κ2) is 6.59. The Morgan fingerprint density at radius 3 is 2.43 bits per heavy atom.